The van der Waals surface area contributed by atoms with E-state index in [2.05, 4.69) is 15.6 Å². The predicted molar refractivity (Wildman–Crippen MR) is 102 cm³/mol. The van der Waals surface area contributed by atoms with E-state index in [1.54, 1.807) is 43.5 Å². The number of anilines is 2. The fourth-order valence-corrected chi connectivity index (χ4v) is 2.71. The molecule has 0 saturated heterocycles. The molecule has 0 aliphatic carbocycles. The molecule has 2 N–H and O–H groups in total. The molecule has 3 rings (SSSR count). The van der Waals surface area contributed by atoms with Crippen LogP contribution in [0.1, 0.15) is 11.3 Å². The lowest BCUT2D eigenvalue weighted by molar-refractivity contribution is 0.262. The number of aromatic nitrogens is 2. The van der Waals surface area contributed by atoms with E-state index < -0.39 is 6.03 Å². The van der Waals surface area contributed by atoms with Gasteiger partial charge in [0.2, 0.25) is 0 Å². The van der Waals surface area contributed by atoms with E-state index in [1.807, 2.05) is 6.92 Å². The molecule has 2 amide bonds. The Labute approximate surface area is 154 Å². The van der Waals surface area contributed by atoms with Gasteiger partial charge in [-0.15, -0.1) is 0 Å². The number of benzene rings is 1. The topological polar surface area (TPSA) is 84.7 Å². The van der Waals surface area contributed by atoms with Crippen LogP contribution in [0.4, 0.5) is 16.2 Å². The highest BCUT2D eigenvalue weighted by Crippen LogP contribution is 2.27. The smallest absolute Gasteiger partial charge is 0.323 e. The lowest BCUT2D eigenvalue weighted by Crippen LogP contribution is -2.28. The maximum atomic E-state index is 12.7. The zero-order chi connectivity index (χ0) is 18.8. The molecule has 0 fully saturated rings. The van der Waals surface area contributed by atoms with Crippen LogP contribution < -0.4 is 20.9 Å². The summed E-state index contributed by atoms with van der Waals surface area (Å²) in [6.07, 6.45) is 1.63. The highest BCUT2D eigenvalue weighted by Gasteiger charge is 2.14. The number of halogens is 1. The third-order valence-electron chi connectivity index (χ3n) is 3.82. The molecule has 0 spiro atoms. The number of nitrogens with one attached hydrogen (secondary N) is 2. The second-order valence-electron chi connectivity index (χ2n) is 5.73. The van der Waals surface area contributed by atoms with Crippen LogP contribution in [-0.4, -0.2) is 22.5 Å². The number of fused-ring (bicyclic) bond motifs is 1. The summed E-state index contributed by atoms with van der Waals surface area (Å²) in [5.74, 6) is 0.449. The van der Waals surface area contributed by atoms with E-state index in [4.69, 9.17) is 16.3 Å². The maximum absolute atomic E-state index is 12.7. The van der Waals surface area contributed by atoms with Gasteiger partial charge in [0.1, 0.15) is 17.1 Å². The number of pyridine rings is 1. The fourth-order valence-electron chi connectivity index (χ4n) is 2.54. The van der Waals surface area contributed by atoms with E-state index in [1.165, 1.54) is 11.5 Å². The van der Waals surface area contributed by atoms with Gasteiger partial charge in [-0.05, 0) is 49.7 Å². The summed E-state index contributed by atoms with van der Waals surface area (Å²) in [5, 5.41) is 5.63. The Balaban J connectivity index is 1.92. The number of aryl methyl sites for hydroxylation is 2. The SMILES string of the molecule is COc1ccc(Cl)cc1NC(=O)Nc1c(C)nc2cc(C)ccn2c1=O. The molecule has 0 bridgehead atoms. The Morgan fingerprint density at radius 3 is 2.69 bits per heavy atom. The lowest BCUT2D eigenvalue weighted by atomic mass is 10.3. The van der Waals surface area contributed by atoms with Crippen LogP contribution >= 0.6 is 11.6 Å². The number of amides is 2. The molecule has 0 unspecified atom stereocenters. The van der Waals surface area contributed by atoms with Crippen LogP contribution in [0.5, 0.6) is 5.75 Å². The average Bonchev–Trinajstić information content (AvgIpc) is 2.58. The molecule has 26 heavy (non-hydrogen) atoms. The summed E-state index contributed by atoms with van der Waals surface area (Å²) in [6.45, 7) is 3.58. The first-order valence-corrected chi connectivity index (χ1v) is 8.18. The number of hydrogen-bond acceptors (Lipinski definition) is 4. The van der Waals surface area contributed by atoms with Crippen LogP contribution in [0.3, 0.4) is 0 Å². The molecule has 8 heteroatoms. The monoisotopic (exact) mass is 372 g/mol. The molecule has 7 nitrogen and oxygen atoms in total. The van der Waals surface area contributed by atoms with Gasteiger partial charge in [0.25, 0.3) is 5.56 Å². The average molecular weight is 373 g/mol. The molecular weight excluding hydrogens is 356 g/mol. The van der Waals surface area contributed by atoms with Crippen molar-refractivity contribution in [3.8, 4) is 5.75 Å². The van der Waals surface area contributed by atoms with Crippen molar-refractivity contribution in [1.29, 1.82) is 0 Å². The Morgan fingerprint density at radius 2 is 1.96 bits per heavy atom. The molecule has 0 atom stereocenters. The number of methoxy groups -OCH3 is 1. The Morgan fingerprint density at radius 1 is 1.19 bits per heavy atom. The summed E-state index contributed by atoms with van der Waals surface area (Å²) in [7, 11) is 1.48. The molecule has 0 aliphatic rings. The number of urea groups is 1. The van der Waals surface area contributed by atoms with Crippen molar-refractivity contribution in [1.82, 2.24) is 9.38 Å². The van der Waals surface area contributed by atoms with Crippen molar-refractivity contribution in [2.75, 3.05) is 17.7 Å². The van der Waals surface area contributed by atoms with Gasteiger partial charge in [-0.25, -0.2) is 9.78 Å². The minimum Gasteiger partial charge on any atom is -0.495 e. The second-order valence-corrected chi connectivity index (χ2v) is 6.17. The van der Waals surface area contributed by atoms with Crippen LogP contribution in [0.25, 0.3) is 5.65 Å². The first-order valence-electron chi connectivity index (χ1n) is 7.80. The normalized spacial score (nSPS) is 10.6. The quantitative estimate of drug-likeness (QED) is 0.735. The zero-order valence-electron chi connectivity index (χ0n) is 14.5. The highest BCUT2D eigenvalue weighted by molar-refractivity contribution is 6.31. The number of hydrogen-bond donors (Lipinski definition) is 2. The van der Waals surface area contributed by atoms with Crippen molar-refractivity contribution in [3.05, 3.63) is 63.2 Å². The van der Waals surface area contributed by atoms with E-state index in [-0.39, 0.29) is 11.2 Å². The fraction of sp³-hybridized carbons (Fsp3) is 0.167. The predicted octanol–water partition coefficient (Wildman–Crippen LogP) is 3.62. The van der Waals surface area contributed by atoms with Crippen LogP contribution in [0.15, 0.2) is 41.3 Å². The van der Waals surface area contributed by atoms with Crippen molar-refractivity contribution < 1.29 is 9.53 Å². The summed E-state index contributed by atoms with van der Waals surface area (Å²) < 4.78 is 6.57. The molecule has 1 aromatic carbocycles. The van der Waals surface area contributed by atoms with Gasteiger partial charge < -0.3 is 15.4 Å². The largest absolute Gasteiger partial charge is 0.495 e. The molecule has 3 aromatic rings. The van der Waals surface area contributed by atoms with Crippen molar-refractivity contribution in [2.45, 2.75) is 13.8 Å². The summed E-state index contributed by atoms with van der Waals surface area (Å²) in [4.78, 5) is 29.4. The summed E-state index contributed by atoms with van der Waals surface area (Å²) in [5.41, 5.74) is 2.07. The van der Waals surface area contributed by atoms with Gasteiger partial charge in [-0.2, -0.15) is 0 Å². The van der Waals surface area contributed by atoms with Crippen molar-refractivity contribution in [2.24, 2.45) is 0 Å². The minimum absolute atomic E-state index is 0.102. The zero-order valence-corrected chi connectivity index (χ0v) is 15.2. The van der Waals surface area contributed by atoms with E-state index >= 15 is 0 Å². The Kier molecular flexibility index (Phi) is 4.81. The van der Waals surface area contributed by atoms with E-state index in [0.717, 1.165) is 5.56 Å². The van der Waals surface area contributed by atoms with Gasteiger partial charge in [0.15, 0.2) is 0 Å². The first kappa shape index (κ1) is 17.8. The minimum atomic E-state index is -0.598. The second kappa shape index (κ2) is 7.05. The van der Waals surface area contributed by atoms with Crippen LogP contribution in [0.2, 0.25) is 5.02 Å². The van der Waals surface area contributed by atoms with Gasteiger partial charge in [-0.3, -0.25) is 9.20 Å². The summed E-state index contributed by atoms with van der Waals surface area (Å²) >= 11 is 5.96. The molecule has 2 heterocycles. The van der Waals surface area contributed by atoms with E-state index in [9.17, 15) is 9.59 Å². The van der Waals surface area contributed by atoms with Gasteiger partial charge in [0, 0.05) is 11.2 Å². The number of nitrogens with zero attached hydrogens (tertiary/aromatic N) is 2. The van der Waals surface area contributed by atoms with Gasteiger partial charge in [0.05, 0.1) is 18.5 Å². The third-order valence-corrected chi connectivity index (χ3v) is 4.05. The van der Waals surface area contributed by atoms with Crippen molar-refractivity contribution in [3.63, 3.8) is 0 Å². The molecule has 0 radical (unpaired) electrons. The Hall–Kier alpha value is -3.06. The van der Waals surface area contributed by atoms with Gasteiger partial charge >= 0.3 is 6.03 Å². The number of carbonyl (C=O) groups is 1. The van der Waals surface area contributed by atoms with Crippen molar-refractivity contribution >= 4 is 34.7 Å². The molecule has 0 aliphatic heterocycles. The number of carbonyl (C=O) groups excluding carboxylic acids is 1. The molecule has 0 saturated carbocycles. The van der Waals surface area contributed by atoms with Gasteiger partial charge in [-0.1, -0.05) is 11.6 Å². The number of ether oxygens (including phenoxy) is 1. The maximum Gasteiger partial charge on any atom is 0.323 e. The summed E-state index contributed by atoms with van der Waals surface area (Å²) in [6, 6.07) is 7.84. The van der Waals surface area contributed by atoms with E-state index in [0.29, 0.717) is 27.8 Å². The highest BCUT2D eigenvalue weighted by atomic mass is 35.5. The van der Waals surface area contributed by atoms with Crippen LogP contribution in [-0.2, 0) is 0 Å². The number of rotatable bonds is 3. The van der Waals surface area contributed by atoms with Crippen LogP contribution in [0, 0.1) is 13.8 Å². The Bertz CT molecular complexity index is 1060. The molecule has 2 aromatic heterocycles. The first-order chi connectivity index (χ1) is 12.4. The molecule has 134 valence electrons. The molecular formula is C18H17ClN4O3. The lowest BCUT2D eigenvalue weighted by Gasteiger charge is -2.13. The standard InChI is InChI=1S/C18H17ClN4O3/c1-10-6-7-23-15(8-10)20-11(2)16(17(23)24)22-18(25)21-13-9-12(19)4-5-14(13)26-3/h4-9H,1-3H3,(H2,21,22,25). The third kappa shape index (κ3) is 3.48.